The molecule has 108 valence electrons. The Kier molecular flexibility index (Phi) is 5.98. The lowest BCUT2D eigenvalue weighted by atomic mass is 9.96. The van der Waals surface area contributed by atoms with Gasteiger partial charge in [-0.1, -0.05) is 20.8 Å². The number of anilines is 2. The average molecular weight is 267 g/mol. The second kappa shape index (κ2) is 7.25. The molecule has 1 aromatic heterocycles. The van der Waals surface area contributed by atoms with E-state index in [1.54, 1.807) is 6.07 Å². The van der Waals surface area contributed by atoms with Gasteiger partial charge in [-0.05, 0) is 19.3 Å². The lowest BCUT2D eigenvalue weighted by Crippen LogP contribution is -2.20. The third-order valence-electron chi connectivity index (χ3n) is 2.69. The van der Waals surface area contributed by atoms with Crippen molar-refractivity contribution >= 4 is 11.6 Å². The summed E-state index contributed by atoms with van der Waals surface area (Å²) in [6.45, 7) is 7.27. The third kappa shape index (κ3) is 5.40. The fourth-order valence-electron chi connectivity index (χ4n) is 1.58. The summed E-state index contributed by atoms with van der Waals surface area (Å²) in [7, 11) is 0. The zero-order chi connectivity index (χ0) is 14.3. The maximum Gasteiger partial charge on any atom is 0.145 e. The molecule has 0 saturated heterocycles. The summed E-state index contributed by atoms with van der Waals surface area (Å²) < 4.78 is 0. The molecule has 0 unspecified atom stereocenters. The fourth-order valence-corrected chi connectivity index (χ4v) is 1.58. The zero-order valence-electron chi connectivity index (χ0n) is 12.0. The van der Waals surface area contributed by atoms with Crippen molar-refractivity contribution in [3.8, 4) is 0 Å². The molecule has 0 aliphatic rings. The van der Waals surface area contributed by atoms with Crippen LogP contribution in [0.15, 0.2) is 6.07 Å². The average Bonchev–Trinajstić information content (AvgIpc) is 2.37. The van der Waals surface area contributed by atoms with Crippen LogP contribution in [0.4, 0.5) is 11.6 Å². The number of aliphatic hydroxyl groups excluding tert-OH is 1. The highest BCUT2D eigenvalue weighted by atomic mass is 16.2. The summed E-state index contributed by atoms with van der Waals surface area (Å²) in [6.07, 6.45) is 2.85. The predicted molar refractivity (Wildman–Crippen MR) is 78.0 cm³/mol. The van der Waals surface area contributed by atoms with Crippen LogP contribution in [0, 0.1) is 0 Å². The molecule has 0 amide bonds. The molecule has 1 rings (SSSR count). The summed E-state index contributed by atoms with van der Waals surface area (Å²) >= 11 is 0. The van der Waals surface area contributed by atoms with Gasteiger partial charge in [0, 0.05) is 24.6 Å². The van der Waals surface area contributed by atoms with Gasteiger partial charge in [-0.15, -0.1) is 0 Å². The molecule has 6 heteroatoms. The molecule has 19 heavy (non-hydrogen) atoms. The van der Waals surface area contributed by atoms with Crippen LogP contribution in [-0.2, 0) is 5.41 Å². The first-order valence-corrected chi connectivity index (χ1v) is 6.68. The number of hydrogen-bond donors (Lipinski definition) is 4. The molecular weight excluding hydrogens is 242 g/mol. The van der Waals surface area contributed by atoms with E-state index in [9.17, 15) is 0 Å². The molecular formula is C13H25N5O. The SMILES string of the molecule is CC(C)(C)c1nc(NN)cc(NCCCCCO)n1. The molecule has 0 fully saturated rings. The smallest absolute Gasteiger partial charge is 0.145 e. The van der Waals surface area contributed by atoms with Crippen molar-refractivity contribution in [1.82, 2.24) is 9.97 Å². The number of nitrogens with two attached hydrogens (primary N) is 1. The lowest BCUT2D eigenvalue weighted by molar-refractivity contribution is 0.283. The first-order valence-electron chi connectivity index (χ1n) is 6.68. The summed E-state index contributed by atoms with van der Waals surface area (Å²) in [4.78, 5) is 8.86. The number of hydrogen-bond acceptors (Lipinski definition) is 6. The van der Waals surface area contributed by atoms with Gasteiger partial charge >= 0.3 is 0 Å². The van der Waals surface area contributed by atoms with Gasteiger partial charge < -0.3 is 15.8 Å². The highest BCUT2D eigenvalue weighted by molar-refractivity contribution is 5.47. The molecule has 0 radical (unpaired) electrons. The number of aromatic nitrogens is 2. The Morgan fingerprint density at radius 2 is 1.84 bits per heavy atom. The second-order valence-electron chi connectivity index (χ2n) is 5.57. The quantitative estimate of drug-likeness (QED) is 0.341. The Bertz CT molecular complexity index is 389. The Balaban J connectivity index is 2.67. The van der Waals surface area contributed by atoms with Crippen molar-refractivity contribution < 1.29 is 5.11 Å². The van der Waals surface area contributed by atoms with Gasteiger partial charge in [0.25, 0.3) is 0 Å². The van der Waals surface area contributed by atoms with Crippen LogP contribution in [0.25, 0.3) is 0 Å². The van der Waals surface area contributed by atoms with Crippen molar-refractivity contribution in [3.63, 3.8) is 0 Å². The van der Waals surface area contributed by atoms with E-state index in [1.807, 2.05) is 0 Å². The van der Waals surface area contributed by atoms with E-state index < -0.39 is 0 Å². The lowest BCUT2D eigenvalue weighted by Gasteiger charge is -2.18. The summed E-state index contributed by atoms with van der Waals surface area (Å²) in [5.74, 6) is 7.56. The van der Waals surface area contributed by atoms with Gasteiger partial charge in [-0.25, -0.2) is 15.8 Å². The van der Waals surface area contributed by atoms with E-state index in [0.717, 1.165) is 37.4 Å². The molecule has 1 heterocycles. The molecule has 0 aliphatic heterocycles. The van der Waals surface area contributed by atoms with E-state index in [4.69, 9.17) is 10.9 Å². The van der Waals surface area contributed by atoms with E-state index in [2.05, 4.69) is 41.5 Å². The Hall–Kier alpha value is -1.40. The van der Waals surface area contributed by atoms with Gasteiger partial charge in [0.15, 0.2) is 0 Å². The Labute approximate surface area is 114 Å². The van der Waals surface area contributed by atoms with Crippen LogP contribution in [0.1, 0.15) is 45.9 Å². The fraction of sp³-hybridized carbons (Fsp3) is 0.692. The van der Waals surface area contributed by atoms with Crippen molar-refractivity contribution in [2.24, 2.45) is 5.84 Å². The van der Waals surface area contributed by atoms with Crippen LogP contribution in [0.5, 0.6) is 0 Å². The molecule has 0 aliphatic carbocycles. The second-order valence-corrected chi connectivity index (χ2v) is 5.57. The highest BCUT2D eigenvalue weighted by Gasteiger charge is 2.18. The van der Waals surface area contributed by atoms with Crippen LogP contribution >= 0.6 is 0 Å². The number of unbranched alkanes of at least 4 members (excludes halogenated alkanes) is 2. The summed E-state index contributed by atoms with van der Waals surface area (Å²) in [5, 5.41) is 12.0. The molecule has 0 aromatic carbocycles. The van der Waals surface area contributed by atoms with Crippen LogP contribution in [0.3, 0.4) is 0 Å². The van der Waals surface area contributed by atoms with Gasteiger partial charge in [0.2, 0.25) is 0 Å². The van der Waals surface area contributed by atoms with Crippen LogP contribution in [-0.4, -0.2) is 28.2 Å². The van der Waals surface area contributed by atoms with Crippen molar-refractivity contribution in [3.05, 3.63) is 11.9 Å². The van der Waals surface area contributed by atoms with Crippen molar-refractivity contribution in [2.45, 2.75) is 45.4 Å². The standard InChI is InChI=1S/C13H25N5O/c1-13(2,3)12-16-10(9-11(17-12)18-14)15-7-5-4-6-8-19/h9,19H,4-8,14H2,1-3H3,(H2,15,16,17,18). The minimum absolute atomic E-state index is 0.125. The topological polar surface area (TPSA) is 96.1 Å². The zero-order valence-corrected chi connectivity index (χ0v) is 12.0. The van der Waals surface area contributed by atoms with E-state index in [0.29, 0.717) is 5.82 Å². The van der Waals surface area contributed by atoms with Gasteiger partial charge in [-0.3, -0.25) is 0 Å². The van der Waals surface area contributed by atoms with Crippen LogP contribution < -0.4 is 16.6 Å². The minimum atomic E-state index is -0.125. The number of nitrogen functional groups attached to an aromatic ring is 1. The summed E-state index contributed by atoms with van der Waals surface area (Å²) in [5.41, 5.74) is 2.44. The molecule has 5 N–H and O–H groups in total. The Morgan fingerprint density at radius 1 is 1.16 bits per heavy atom. The number of rotatable bonds is 7. The third-order valence-corrected chi connectivity index (χ3v) is 2.69. The van der Waals surface area contributed by atoms with Crippen LogP contribution in [0.2, 0.25) is 0 Å². The monoisotopic (exact) mass is 267 g/mol. The van der Waals surface area contributed by atoms with E-state index in [1.165, 1.54) is 0 Å². The predicted octanol–water partition coefficient (Wildman–Crippen LogP) is 1.63. The van der Waals surface area contributed by atoms with E-state index in [-0.39, 0.29) is 12.0 Å². The largest absolute Gasteiger partial charge is 0.396 e. The Morgan fingerprint density at radius 3 is 2.42 bits per heavy atom. The number of nitrogens with zero attached hydrogens (tertiary/aromatic N) is 2. The number of hydrazine groups is 1. The van der Waals surface area contributed by atoms with Crippen molar-refractivity contribution in [1.29, 1.82) is 0 Å². The molecule has 0 bridgehead atoms. The molecule has 6 nitrogen and oxygen atoms in total. The normalized spacial score (nSPS) is 11.4. The maximum absolute atomic E-state index is 8.71. The molecule has 0 saturated carbocycles. The summed E-state index contributed by atoms with van der Waals surface area (Å²) in [6, 6.07) is 1.79. The highest BCUT2D eigenvalue weighted by Crippen LogP contribution is 2.21. The van der Waals surface area contributed by atoms with Gasteiger partial charge in [-0.2, -0.15) is 0 Å². The molecule has 0 spiro atoms. The van der Waals surface area contributed by atoms with Crippen molar-refractivity contribution in [2.75, 3.05) is 23.9 Å². The molecule has 0 atom stereocenters. The van der Waals surface area contributed by atoms with E-state index >= 15 is 0 Å². The van der Waals surface area contributed by atoms with Gasteiger partial charge in [0.1, 0.15) is 17.5 Å². The first-order chi connectivity index (χ1) is 8.97. The molecule has 1 aromatic rings. The van der Waals surface area contributed by atoms with Gasteiger partial charge in [0.05, 0.1) is 0 Å². The number of aliphatic hydroxyl groups is 1. The maximum atomic E-state index is 8.71. The number of nitrogens with one attached hydrogen (secondary N) is 2. The minimum Gasteiger partial charge on any atom is -0.396 e. The first kappa shape index (κ1) is 15.7.